The number of nitrogens with two attached hydrogens (primary N) is 1. The third kappa shape index (κ3) is 5.13. The summed E-state index contributed by atoms with van der Waals surface area (Å²) in [5, 5.41) is 1.50. The van der Waals surface area contributed by atoms with E-state index >= 15 is 0 Å². The molecule has 0 aliphatic rings. The molecule has 5 nitrogen and oxygen atoms in total. The van der Waals surface area contributed by atoms with Gasteiger partial charge in [0.15, 0.2) is 9.84 Å². The van der Waals surface area contributed by atoms with Gasteiger partial charge in [0, 0.05) is 12.6 Å². The first-order chi connectivity index (χ1) is 6.81. The highest BCUT2D eigenvalue weighted by molar-refractivity contribution is 7.92. The minimum Gasteiger partial charge on any atom is -0.355 e. The van der Waals surface area contributed by atoms with Crippen molar-refractivity contribution >= 4 is 15.7 Å². The Bertz CT molecular complexity index is 298. The molecule has 0 saturated heterocycles. The molecule has 0 aliphatic heterocycles. The molecular weight excluding hydrogens is 216 g/mol. The minimum absolute atomic E-state index is 0.0387. The van der Waals surface area contributed by atoms with E-state index in [1.807, 2.05) is 0 Å². The minimum atomic E-state index is -3.37. The highest BCUT2D eigenvalue weighted by Crippen LogP contribution is 2.05. The third-order valence-electron chi connectivity index (χ3n) is 2.12. The van der Waals surface area contributed by atoms with E-state index < -0.39 is 21.0 Å². The quantitative estimate of drug-likeness (QED) is 0.660. The van der Waals surface area contributed by atoms with Crippen LogP contribution in [0.3, 0.4) is 0 Å². The number of rotatable bonds is 6. The Labute approximate surface area is 91.3 Å². The Morgan fingerprint density at radius 2 is 1.93 bits per heavy atom. The molecule has 2 atom stereocenters. The Balaban J connectivity index is 4.39. The molecule has 0 bridgehead atoms. The first kappa shape index (κ1) is 14.4. The molecule has 0 spiro atoms. The van der Waals surface area contributed by atoms with Gasteiger partial charge in [0.05, 0.1) is 5.75 Å². The monoisotopic (exact) mass is 236 g/mol. The van der Waals surface area contributed by atoms with Crippen molar-refractivity contribution < 1.29 is 13.2 Å². The Hall–Kier alpha value is -0.620. The fourth-order valence-corrected chi connectivity index (χ4v) is 2.47. The summed E-state index contributed by atoms with van der Waals surface area (Å²) in [6.45, 7) is 5.33. The van der Waals surface area contributed by atoms with Crippen LogP contribution in [0.15, 0.2) is 0 Å². The molecule has 0 aromatic carbocycles. The number of nitrogens with one attached hydrogen (secondary N) is 1. The second-order valence-corrected chi connectivity index (χ2v) is 6.11. The van der Waals surface area contributed by atoms with Crippen LogP contribution in [0.4, 0.5) is 0 Å². The molecule has 15 heavy (non-hydrogen) atoms. The molecule has 3 N–H and O–H groups in total. The van der Waals surface area contributed by atoms with E-state index in [-0.39, 0.29) is 11.8 Å². The lowest BCUT2D eigenvalue weighted by molar-refractivity contribution is -0.120. The maximum absolute atomic E-state index is 11.6. The SMILES string of the molecule is CCNC(=O)C(C)S(=O)(=O)CCC(C)N. The van der Waals surface area contributed by atoms with Gasteiger partial charge in [-0.1, -0.05) is 0 Å². The lowest BCUT2D eigenvalue weighted by Gasteiger charge is -2.13. The van der Waals surface area contributed by atoms with E-state index in [0.29, 0.717) is 13.0 Å². The summed E-state index contributed by atoms with van der Waals surface area (Å²) >= 11 is 0. The molecule has 2 unspecified atom stereocenters. The summed E-state index contributed by atoms with van der Waals surface area (Å²) in [6.07, 6.45) is 0.381. The Morgan fingerprint density at radius 3 is 2.33 bits per heavy atom. The summed E-state index contributed by atoms with van der Waals surface area (Å²) in [5.41, 5.74) is 5.47. The van der Waals surface area contributed by atoms with Gasteiger partial charge in [-0.15, -0.1) is 0 Å². The molecule has 0 saturated carbocycles. The highest BCUT2D eigenvalue weighted by Gasteiger charge is 2.27. The maximum Gasteiger partial charge on any atom is 0.238 e. The molecule has 0 fully saturated rings. The number of carbonyl (C=O) groups excluding carboxylic acids is 1. The van der Waals surface area contributed by atoms with Crippen molar-refractivity contribution in [3.8, 4) is 0 Å². The average Bonchev–Trinajstić information content (AvgIpc) is 2.14. The molecular formula is C9H20N2O3S. The van der Waals surface area contributed by atoms with Gasteiger partial charge in [0.2, 0.25) is 5.91 Å². The zero-order valence-corrected chi connectivity index (χ0v) is 10.3. The van der Waals surface area contributed by atoms with Gasteiger partial charge in [0.25, 0.3) is 0 Å². The average molecular weight is 236 g/mol. The van der Waals surface area contributed by atoms with Crippen molar-refractivity contribution in [2.24, 2.45) is 5.73 Å². The molecule has 0 aromatic heterocycles. The first-order valence-electron chi connectivity index (χ1n) is 5.06. The largest absolute Gasteiger partial charge is 0.355 e. The molecule has 0 radical (unpaired) electrons. The van der Waals surface area contributed by atoms with Crippen LogP contribution in [0.25, 0.3) is 0 Å². The summed E-state index contributed by atoms with van der Waals surface area (Å²) in [7, 11) is -3.37. The van der Waals surface area contributed by atoms with E-state index in [4.69, 9.17) is 5.73 Å². The van der Waals surface area contributed by atoms with Crippen LogP contribution in [0.1, 0.15) is 27.2 Å². The van der Waals surface area contributed by atoms with Crippen LogP contribution in [-0.2, 0) is 14.6 Å². The van der Waals surface area contributed by atoms with Crippen molar-refractivity contribution in [2.45, 2.75) is 38.5 Å². The lowest BCUT2D eigenvalue weighted by atomic mass is 10.3. The van der Waals surface area contributed by atoms with Crippen molar-refractivity contribution in [1.29, 1.82) is 0 Å². The van der Waals surface area contributed by atoms with Crippen molar-refractivity contribution in [2.75, 3.05) is 12.3 Å². The Morgan fingerprint density at radius 1 is 1.40 bits per heavy atom. The zero-order chi connectivity index (χ0) is 12.1. The van der Waals surface area contributed by atoms with E-state index in [2.05, 4.69) is 5.32 Å². The molecule has 0 aromatic rings. The van der Waals surface area contributed by atoms with Gasteiger partial charge >= 0.3 is 0 Å². The van der Waals surface area contributed by atoms with Crippen molar-refractivity contribution in [1.82, 2.24) is 5.32 Å². The Kier molecular flexibility index (Phi) is 5.82. The number of hydrogen-bond acceptors (Lipinski definition) is 4. The number of carbonyl (C=O) groups is 1. The van der Waals surface area contributed by atoms with Crippen LogP contribution < -0.4 is 11.1 Å². The lowest BCUT2D eigenvalue weighted by Crippen LogP contribution is -2.39. The maximum atomic E-state index is 11.6. The molecule has 90 valence electrons. The van der Waals surface area contributed by atoms with Crippen LogP contribution in [0.2, 0.25) is 0 Å². The fraction of sp³-hybridized carbons (Fsp3) is 0.889. The molecule has 0 heterocycles. The predicted octanol–water partition coefficient (Wildman–Crippen LogP) is -0.337. The molecule has 1 amide bonds. The van der Waals surface area contributed by atoms with Gasteiger partial charge in [-0.2, -0.15) is 0 Å². The van der Waals surface area contributed by atoms with Gasteiger partial charge in [-0.05, 0) is 27.2 Å². The van der Waals surface area contributed by atoms with E-state index in [1.165, 1.54) is 6.92 Å². The standard InChI is InChI=1S/C9H20N2O3S/c1-4-11-9(12)8(3)15(13,14)6-5-7(2)10/h7-8H,4-6,10H2,1-3H3,(H,11,12). The molecule has 6 heteroatoms. The van der Waals surface area contributed by atoms with Crippen LogP contribution in [0.5, 0.6) is 0 Å². The topological polar surface area (TPSA) is 89.3 Å². The number of sulfone groups is 1. The van der Waals surface area contributed by atoms with Gasteiger partial charge in [-0.25, -0.2) is 8.42 Å². The van der Waals surface area contributed by atoms with Crippen molar-refractivity contribution in [3.05, 3.63) is 0 Å². The summed E-state index contributed by atoms with van der Waals surface area (Å²) < 4.78 is 23.3. The number of amides is 1. The molecule has 0 aliphatic carbocycles. The number of hydrogen-bond donors (Lipinski definition) is 2. The second-order valence-electron chi connectivity index (χ2n) is 3.67. The van der Waals surface area contributed by atoms with Crippen LogP contribution in [-0.4, -0.2) is 37.9 Å². The summed E-state index contributed by atoms with van der Waals surface area (Å²) in [6, 6.07) is -0.166. The van der Waals surface area contributed by atoms with Gasteiger partial charge < -0.3 is 11.1 Å². The predicted molar refractivity (Wildman–Crippen MR) is 60.2 cm³/mol. The van der Waals surface area contributed by atoms with E-state index in [0.717, 1.165) is 0 Å². The van der Waals surface area contributed by atoms with E-state index in [9.17, 15) is 13.2 Å². The van der Waals surface area contributed by atoms with Gasteiger partial charge in [-0.3, -0.25) is 4.79 Å². The highest BCUT2D eigenvalue weighted by atomic mass is 32.2. The van der Waals surface area contributed by atoms with Gasteiger partial charge in [0.1, 0.15) is 5.25 Å². The molecule has 0 rings (SSSR count). The fourth-order valence-electron chi connectivity index (χ4n) is 1.01. The second kappa shape index (κ2) is 6.07. The van der Waals surface area contributed by atoms with Crippen LogP contribution >= 0.6 is 0 Å². The first-order valence-corrected chi connectivity index (χ1v) is 6.77. The zero-order valence-electron chi connectivity index (χ0n) is 9.49. The van der Waals surface area contributed by atoms with Crippen LogP contribution in [0, 0.1) is 0 Å². The van der Waals surface area contributed by atoms with Crippen molar-refractivity contribution in [3.63, 3.8) is 0 Å². The van der Waals surface area contributed by atoms with E-state index in [1.54, 1.807) is 13.8 Å². The smallest absolute Gasteiger partial charge is 0.238 e. The summed E-state index contributed by atoms with van der Waals surface area (Å²) in [5.74, 6) is -0.481. The summed E-state index contributed by atoms with van der Waals surface area (Å²) in [4.78, 5) is 11.3. The normalized spacial score (nSPS) is 15.7. The third-order valence-corrected chi connectivity index (χ3v) is 4.21.